The van der Waals surface area contributed by atoms with E-state index in [1.54, 1.807) is 13.0 Å². The molecule has 1 aliphatic rings. The van der Waals surface area contributed by atoms with Gasteiger partial charge in [-0.3, -0.25) is 9.10 Å². The molecule has 0 fully saturated rings. The van der Waals surface area contributed by atoms with E-state index in [0.29, 0.717) is 12.3 Å². The second-order valence-corrected chi connectivity index (χ2v) is 7.97. The average Bonchev–Trinajstić information content (AvgIpc) is 2.59. The van der Waals surface area contributed by atoms with Crippen molar-refractivity contribution < 1.29 is 17.9 Å². The summed E-state index contributed by atoms with van der Waals surface area (Å²) >= 11 is 0. The Morgan fingerprint density at radius 2 is 1.80 bits per heavy atom. The lowest BCUT2D eigenvalue weighted by Crippen LogP contribution is -2.39. The summed E-state index contributed by atoms with van der Waals surface area (Å²) in [6.45, 7) is 2.32. The number of esters is 1. The first kappa shape index (κ1) is 17.5. The summed E-state index contributed by atoms with van der Waals surface area (Å²) in [5.41, 5.74) is 2.44. The van der Waals surface area contributed by atoms with Crippen LogP contribution >= 0.6 is 0 Å². The highest BCUT2D eigenvalue weighted by molar-refractivity contribution is 7.92. The van der Waals surface area contributed by atoms with Gasteiger partial charge in [-0.1, -0.05) is 48.5 Å². The minimum Gasteiger partial charge on any atom is -0.466 e. The molecule has 25 heavy (non-hydrogen) atoms. The van der Waals surface area contributed by atoms with Crippen LogP contribution in [-0.2, 0) is 26.1 Å². The topological polar surface area (TPSA) is 63.7 Å². The van der Waals surface area contributed by atoms with Crippen molar-refractivity contribution in [2.24, 2.45) is 0 Å². The molecule has 0 N–H and O–H groups in total. The number of hydrogen-bond acceptors (Lipinski definition) is 4. The SMILES string of the molecule is CCOC(=O)CC1CS(=O)(=O)N(Cc2ccccc2)c2ccccc21. The summed E-state index contributed by atoms with van der Waals surface area (Å²) in [6, 6.07) is 16.9. The van der Waals surface area contributed by atoms with Crippen molar-refractivity contribution in [3.8, 4) is 0 Å². The smallest absolute Gasteiger partial charge is 0.306 e. The number of benzene rings is 2. The molecule has 1 heterocycles. The zero-order chi connectivity index (χ0) is 17.9. The molecule has 5 nitrogen and oxygen atoms in total. The number of sulfonamides is 1. The first-order chi connectivity index (χ1) is 12.0. The van der Waals surface area contributed by atoms with Gasteiger partial charge in [0.25, 0.3) is 0 Å². The van der Waals surface area contributed by atoms with Crippen molar-refractivity contribution in [1.82, 2.24) is 0 Å². The van der Waals surface area contributed by atoms with Crippen LogP contribution in [0.2, 0.25) is 0 Å². The normalized spacial score (nSPS) is 18.4. The number of carbonyl (C=O) groups excluding carboxylic acids is 1. The fraction of sp³-hybridized carbons (Fsp3) is 0.316. The molecule has 1 unspecified atom stereocenters. The van der Waals surface area contributed by atoms with Crippen molar-refractivity contribution in [1.29, 1.82) is 0 Å². The molecule has 2 aromatic rings. The van der Waals surface area contributed by atoms with Gasteiger partial charge in [-0.05, 0) is 24.1 Å². The van der Waals surface area contributed by atoms with E-state index in [4.69, 9.17) is 4.74 Å². The second kappa shape index (κ2) is 7.27. The Bertz CT molecular complexity index is 849. The second-order valence-electron chi connectivity index (χ2n) is 6.04. The van der Waals surface area contributed by atoms with Gasteiger partial charge in [0.15, 0.2) is 0 Å². The summed E-state index contributed by atoms with van der Waals surface area (Å²) in [5.74, 6) is -0.836. The number of fused-ring (bicyclic) bond motifs is 1. The maximum Gasteiger partial charge on any atom is 0.306 e. The van der Waals surface area contributed by atoms with Gasteiger partial charge < -0.3 is 4.74 Å². The van der Waals surface area contributed by atoms with Crippen LogP contribution in [0.4, 0.5) is 5.69 Å². The third-order valence-corrected chi connectivity index (χ3v) is 6.10. The number of para-hydroxylation sites is 1. The van der Waals surface area contributed by atoms with E-state index in [2.05, 4.69) is 0 Å². The highest BCUT2D eigenvalue weighted by Gasteiger charge is 2.36. The third kappa shape index (κ3) is 3.85. The molecule has 132 valence electrons. The van der Waals surface area contributed by atoms with Gasteiger partial charge in [0, 0.05) is 5.92 Å². The highest BCUT2D eigenvalue weighted by atomic mass is 32.2. The predicted molar refractivity (Wildman–Crippen MR) is 96.8 cm³/mol. The third-order valence-electron chi connectivity index (χ3n) is 4.28. The fourth-order valence-corrected chi connectivity index (χ4v) is 4.96. The van der Waals surface area contributed by atoms with Crippen molar-refractivity contribution in [2.75, 3.05) is 16.7 Å². The van der Waals surface area contributed by atoms with Crippen molar-refractivity contribution in [3.63, 3.8) is 0 Å². The van der Waals surface area contributed by atoms with Crippen molar-refractivity contribution in [2.45, 2.75) is 25.8 Å². The summed E-state index contributed by atoms with van der Waals surface area (Å²) in [4.78, 5) is 11.9. The minimum absolute atomic E-state index is 0.0727. The summed E-state index contributed by atoms with van der Waals surface area (Å²) in [6.07, 6.45) is 0.0727. The van der Waals surface area contributed by atoms with E-state index >= 15 is 0 Å². The molecular weight excluding hydrogens is 338 g/mol. The minimum atomic E-state index is -3.52. The van der Waals surface area contributed by atoms with Gasteiger partial charge in [0.1, 0.15) is 0 Å². The lowest BCUT2D eigenvalue weighted by Gasteiger charge is -2.34. The summed E-state index contributed by atoms with van der Waals surface area (Å²) < 4.78 is 32.2. The van der Waals surface area contributed by atoms with Crippen LogP contribution in [0.5, 0.6) is 0 Å². The molecule has 0 amide bonds. The van der Waals surface area contributed by atoms with Crippen LogP contribution in [0.25, 0.3) is 0 Å². The molecule has 0 radical (unpaired) electrons. The number of hydrogen-bond donors (Lipinski definition) is 0. The van der Waals surface area contributed by atoms with E-state index in [-0.39, 0.29) is 30.6 Å². The van der Waals surface area contributed by atoms with Gasteiger partial charge in [-0.15, -0.1) is 0 Å². The molecule has 0 spiro atoms. The van der Waals surface area contributed by atoms with Crippen LogP contribution in [0.15, 0.2) is 54.6 Å². The first-order valence-electron chi connectivity index (χ1n) is 8.30. The fourth-order valence-electron chi connectivity index (χ4n) is 3.17. The Hall–Kier alpha value is -2.34. The number of ether oxygens (including phenoxy) is 1. The number of carbonyl (C=O) groups is 1. The van der Waals surface area contributed by atoms with Crippen LogP contribution < -0.4 is 4.31 Å². The van der Waals surface area contributed by atoms with Crippen LogP contribution in [0.1, 0.15) is 30.4 Å². The van der Waals surface area contributed by atoms with E-state index in [1.807, 2.05) is 48.5 Å². The van der Waals surface area contributed by atoms with Gasteiger partial charge >= 0.3 is 5.97 Å². The molecule has 1 atom stereocenters. The molecule has 0 bridgehead atoms. The Kier molecular flexibility index (Phi) is 5.08. The van der Waals surface area contributed by atoms with E-state index in [0.717, 1.165) is 11.1 Å². The Morgan fingerprint density at radius 1 is 1.12 bits per heavy atom. The predicted octanol–water partition coefficient (Wildman–Crippen LogP) is 3.07. The quantitative estimate of drug-likeness (QED) is 0.770. The zero-order valence-corrected chi connectivity index (χ0v) is 14.9. The standard InChI is InChI=1S/C19H21NO4S/c1-2-24-19(21)12-16-14-25(22,23)20(13-15-8-4-3-5-9-15)18-11-7-6-10-17(16)18/h3-11,16H,2,12-14H2,1H3. The Morgan fingerprint density at radius 3 is 2.52 bits per heavy atom. The maximum atomic E-state index is 12.9. The summed E-state index contributed by atoms with van der Waals surface area (Å²) in [5, 5.41) is 0. The maximum absolute atomic E-state index is 12.9. The molecule has 1 aliphatic heterocycles. The lowest BCUT2D eigenvalue weighted by atomic mass is 9.95. The van der Waals surface area contributed by atoms with E-state index in [1.165, 1.54) is 4.31 Å². The monoisotopic (exact) mass is 359 g/mol. The number of anilines is 1. The first-order valence-corrected chi connectivity index (χ1v) is 9.91. The summed E-state index contributed by atoms with van der Waals surface area (Å²) in [7, 11) is -3.52. The van der Waals surface area contributed by atoms with E-state index < -0.39 is 10.0 Å². The molecule has 0 saturated heterocycles. The van der Waals surface area contributed by atoms with Crippen molar-refractivity contribution >= 4 is 21.7 Å². The number of nitrogens with zero attached hydrogens (tertiary/aromatic N) is 1. The van der Waals surface area contributed by atoms with Crippen LogP contribution in [0.3, 0.4) is 0 Å². The Balaban J connectivity index is 1.95. The molecule has 2 aromatic carbocycles. The molecule has 0 aromatic heterocycles. The average molecular weight is 359 g/mol. The highest BCUT2D eigenvalue weighted by Crippen LogP contribution is 2.39. The number of rotatable bonds is 5. The zero-order valence-electron chi connectivity index (χ0n) is 14.1. The molecule has 6 heteroatoms. The van der Waals surface area contributed by atoms with Crippen molar-refractivity contribution in [3.05, 3.63) is 65.7 Å². The van der Waals surface area contributed by atoms with Crippen LogP contribution in [0, 0.1) is 0 Å². The van der Waals surface area contributed by atoms with E-state index in [9.17, 15) is 13.2 Å². The van der Waals surface area contributed by atoms with Crippen LogP contribution in [-0.4, -0.2) is 26.7 Å². The Labute approximate surface area is 148 Å². The largest absolute Gasteiger partial charge is 0.466 e. The van der Waals surface area contributed by atoms with Gasteiger partial charge in [-0.25, -0.2) is 8.42 Å². The molecule has 0 saturated carbocycles. The lowest BCUT2D eigenvalue weighted by molar-refractivity contribution is -0.143. The molecule has 0 aliphatic carbocycles. The molecule has 3 rings (SSSR count). The van der Waals surface area contributed by atoms with Gasteiger partial charge in [0.05, 0.1) is 31.0 Å². The van der Waals surface area contributed by atoms with Gasteiger partial charge in [0.2, 0.25) is 10.0 Å². The molecular formula is C19H21NO4S. The van der Waals surface area contributed by atoms with Gasteiger partial charge in [-0.2, -0.15) is 0 Å².